The topological polar surface area (TPSA) is 29.5 Å². The minimum absolute atomic E-state index is 0.467. The Bertz CT molecular complexity index is 575. The molecule has 0 amide bonds. The van der Waals surface area contributed by atoms with Gasteiger partial charge in [0, 0.05) is 5.56 Å². The molecule has 0 aliphatic carbocycles. The van der Waals surface area contributed by atoms with Crippen molar-refractivity contribution in [1.82, 2.24) is 0 Å². The number of benzene rings is 2. The van der Waals surface area contributed by atoms with Crippen molar-refractivity contribution in [2.24, 2.45) is 0 Å². The Balaban J connectivity index is 2.12. The first-order valence-corrected chi connectivity index (χ1v) is 7.07. The number of aryl methyl sites for hydroxylation is 2. The number of aliphatic hydroxyl groups is 1. The summed E-state index contributed by atoms with van der Waals surface area (Å²) in [5, 5.41) is 10.0. The lowest BCUT2D eigenvalue weighted by Gasteiger charge is -2.15. The number of rotatable bonds is 5. The van der Waals surface area contributed by atoms with Crippen LogP contribution in [-0.2, 0) is 6.61 Å². The maximum atomic E-state index is 10.0. The van der Waals surface area contributed by atoms with Gasteiger partial charge in [0.2, 0.25) is 0 Å². The number of para-hydroxylation sites is 1. The first-order valence-electron chi connectivity index (χ1n) is 7.07. The number of ether oxygens (including phenoxy) is 1. The van der Waals surface area contributed by atoms with Crippen LogP contribution in [0.3, 0.4) is 0 Å². The molecule has 0 aliphatic rings. The van der Waals surface area contributed by atoms with Crippen LogP contribution in [0.15, 0.2) is 42.5 Å². The Hall–Kier alpha value is -1.80. The smallest absolute Gasteiger partial charge is 0.125 e. The molecule has 1 N–H and O–H groups in total. The number of aliphatic hydroxyl groups excluding tert-OH is 1. The van der Waals surface area contributed by atoms with Crippen molar-refractivity contribution in [3.63, 3.8) is 0 Å². The molecule has 2 rings (SSSR count). The lowest BCUT2D eigenvalue weighted by Crippen LogP contribution is -2.02. The van der Waals surface area contributed by atoms with E-state index in [1.807, 2.05) is 31.2 Å². The summed E-state index contributed by atoms with van der Waals surface area (Å²) in [6.45, 7) is 6.69. The maximum absolute atomic E-state index is 10.0. The largest absolute Gasteiger partial charge is 0.489 e. The summed E-state index contributed by atoms with van der Waals surface area (Å²) in [6, 6.07) is 14.0. The van der Waals surface area contributed by atoms with E-state index in [0.717, 1.165) is 16.9 Å². The first kappa shape index (κ1) is 14.6. The second-order valence-electron chi connectivity index (χ2n) is 5.17. The van der Waals surface area contributed by atoms with Crippen molar-refractivity contribution >= 4 is 0 Å². The van der Waals surface area contributed by atoms with Crippen LogP contribution >= 0.6 is 0 Å². The van der Waals surface area contributed by atoms with E-state index in [1.54, 1.807) is 0 Å². The first-order chi connectivity index (χ1) is 9.61. The van der Waals surface area contributed by atoms with Gasteiger partial charge in [0.05, 0.1) is 6.10 Å². The van der Waals surface area contributed by atoms with Crippen LogP contribution in [0.25, 0.3) is 0 Å². The van der Waals surface area contributed by atoms with Crippen LogP contribution in [0.5, 0.6) is 5.75 Å². The third-order valence-electron chi connectivity index (χ3n) is 3.63. The Labute approximate surface area is 121 Å². The quantitative estimate of drug-likeness (QED) is 0.876. The molecule has 2 nitrogen and oxygen atoms in total. The molecule has 2 aromatic rings. The fourth-order valence-corrected chi connectivity index (χ4v) is 2.16. The summed E-state index contributed by atoms with van der Waals surface area (Å²) in [4.78, 5) is 0. The van der Waals surface area contributed by atoms with Gasteiger partial charge < -0.3 is 9.84 Å². The zero-order valence-corrected chi connectivity index (χ0v) is 12.4. The average Bonchev–Trinajstić information content (AvgIpc) is 2.48. The number of hydrogen-bond acceptors (Lipinski definition) is 2. The predicted octanol–water partition coefficient (Wildman–Crippen LogP) is 4.33. The predicted molar refractivity (Wildman–Crippen MR) is 81.9 cm³/mol. The van der Waals surface area contributed by atoms with E-state index >= 15 is 0 Å². The van der Waals surface area contributed by atoms with Crippen molar-refractivity contribution in [3.8, 4) is 5.75 Å². The van der Waals surface area contributed by atoms with Crippen molar-refractivity contribution in [2.75, 3.05) is 0 Å². The SMILES string of the molecule is CCC(O)c1ccccc1OCc1ccc(C)c(C)c1. The molecule has 2 aromatic carbocycles. The second-order valence-corrected chi connectivity index (χ2v) is 5.17. The van der Waals surface area contributed by atoms with Crippen LogP contribution in [0, 0.1) is 13.8 Å². The number of hydrogen-bond donors (Lipinski definition) is 1. The molecule has 0 aliphatic heterocycles. The van der Waals surface area contributed by atoms with E-state index in [2.05, 4.69) is 32.0 Å². The van der Waals surface area contributed by atoms with Gasteiger partial charge in [-0.15, -0.1) is 0 Å². The Morgan fingerprint density at radius 1 is 1.05 bits per heavy atom. The van der Waals surface area contributed by atoms with Gasteiger partial charge in [0.15, 0.2) is 0 Å². The van der Waals surface area contributed by atoms with Gasteiger partial charge in [0.25, 0.3) is 0 Å². The molecule has 0 saturated carbocycles. The third-order valence-corrected chi connectivity index (χ3v) is 3.63. The van der Waals surface area contributed by atoms with Crippen molar-refractivity contribution in [2.45, 2.75) is 39.9 Å². The second kappa shape index (κ2) is 6.58. The normalized spacial score (nSPS) is 12.2. The fourth-order valence-electron chi connectivity index (χ4n) is 2.16. The molecule has 0 heterocycles. The molecule has 0 saturated heterocycles. The Morgan fingerprint density at radius 2 is 1.80 bits per heavy atom. The lowest BCUT2D eigenvalue weighted by molar-refractivity contribution is 0.166. The highest BCUT2D eigenvalue weighted by Gasteiger charge is 2.11. The molecule has 1 unspecified atom stereocenters. The minimum atomic E-state index is -0.467. The summed E-state index contributed by atoms with van der Waals surface area (Å²) in [5.74, 6) is 0.764. The highest BCUT2D eigenvalue weighted by molar-refractivity contribution is 5.36. The summed E-state index contributed by atoms with van der Waals surface area (Å²) in [6.07, 6.45) is 0.218. The van der Waals surface area contributed by atoms with E-state index in [0.29, 0.717) is 13.0 Å². The van der Waals surface area contributed by atoms with Crippen molar-refractivity contribution in [3.05, 3.63) is 64.7 Å². The molecule has 20 heavy (non-hydrogen) atoms. The fraction of sp³-hybridized carbons (Fsp3) is 0.333. The van der Waals surface area contributed by atoms with Gasteiger partial charge in [-0.2, -0.15) is 0 Å². The standard InChI is InChI=1S/C18H22O2/c1-4-17(19)16-7-5-6-8-18(16)20-12-15-10-9-13(2)14(3)11-15/h5-11,17,19H,4,12H2,1-3H3. The zero-order valence-electron chi connectivity index (χ0n) is 12.4. The molecule has 0 fully saturated rings. The Morgan fingerprint density at radius 3 is 2.50 bits per heavy atom. The van der Waals surface area contributed by atoms with Gasteiger partial charge in [0.1, 0.15) is 12.4 Å². The van der Waals surface area contributed by atoms with Crippen LogP contribution in [0.1, 0.15) is 41.7 Å². The molecule has 0 spiro atoms. The van der Waals surface area contributed by atoms with E-state index in [9.17, 15) is 5.11 Å². The van der Waals surface area contributed by atoms with Gasteiger partial charge in [-0.1, -0.05) is 43.3 Å². The zero-order chi connectivity index (χ0) is 14.5. The lowest BCUT2D eigenvalue weighted by atomic mass is 10.1. The summed E-state index contributed by atoms with van der Waals surface area (Å²) in [5.41, 5.74) is 4.57. The van der Waals surface area contributed by atoms with Gasteiger partial charge in [-0.05, 0) is 43.0 Å². The monoisotopic (exact) mass is 270 g/mol. The molecule has 0 bridgehead atoms. The third kappa shape index (κ3) is 3.40. The van der Waals surface area contributed by atoms with E-state index < -0.39 is 6.10 Å². The van der Waals surface area contributed by atoms with Crippen LogP contribution in [0.2, 0.25) is 0 Å². The summed E-state index contributed by atoms with van der Waals surface area (Å²) >= 11 is 0. The molecular formula is C18H22O2. The van der Waals surface area contributed by atoms with Gasteiger partial charge in [-0.3, -0.25) is 0 Å². The van der Waals surface area contributed by atoms with Crippen LogP contribution < -0.4 is 4.74 Å². The molecule has 1 atom stereocenters. The summed E-state index contributed by atoms with van der Waals surface area (Å²) < 4.78 is 5.88. The van der Waals surface area contributed by atoms with Crippen LogP contribution in [0.4, 0.5) is 0 Å². The molecule has 2 heteroatoms. The molecule has 106 valence electrons. The summed E-state index contributed by atoms with van der Waals surface area (Å²) in [7, 11) is 0. The molecule has 0 radical (unpaired) electrons. The van der Waals surface area contributed by atoms with Gasteiger partial charge >= 0.3 is 0 Å². The van der Waals surface area contributed by atoms with E-state index in [4.69, 9.17) is 4.74 Å². The Kier molecular flexibility index (Phi) is 4.80. The molecular weight excluding hydrogens is 248 g/mol. The highest BCUT2D eigenvalue weighted by atomic mass is 16.5. The van der Waals surface area contributed by atoms with Crippen molar-refractivity contribution < 1.29 is 9.84 Å². The van der Waals surface area contributed by atoms with E-state index in [-0.39, 0.29) is 0 Å². The molecule has 0 aromatic heterocycles. The maximum Gasteiger partial charge on any atom is 0.125 e. The van der Waals surface area contributed by atoms with Crippen molar-refractivity contribution in [1.29, 1.82) is 0 Å². The highest BCUT2D eigenvalue weighted by Crippen LogP contribution is 2.27. The van der Waals surface area contributed by atoms with Crippen LogP contribution in [-0.4, -0.2) is 5.11 Å². The minimum Gasteiger partial charge on any atom is -0.489 e. The van der Waals surface area contributed by atoms with E-state index in [1.165, 1.54) is 11.1 Å². The average molecular weight is 270 g/mol. The van der Waals surface area contributed by atoms with Gasteiger partial charge in [-0.25, -0.2) is 0 Å².